The van der Waals surface area contributed by atoms with Gasteiger partial charge in [-0.2, -0.15) is 5.10 Å². The zero-order valence-electron chi connectivity index (χ0n) is 13.1. The number of hydrogen-bond donors (Lipinski definition) is 1. The van der Waals surface area contributed by atoms with Gasteiger partial charge >= 0.3 is 0 Å². The minimum absolute atomic E-state index is 0.167. The Morgan fingerprint density at radius 2 is 1.92 bits per heavy atom. The minimum Gasteiger partial charge on any atom is -0.321 e. The molecule has 2 amide bonds. The molecule has 6 heteroatoms. The minimum atomic E-state index is -0.433. The van der Waals surface area contributed by atoms with Crippen LogP contribution < -0.4 is 10.3 Å². The van der Waals surface area contributed by atoms with E-state index in [2.05, 4.69) is 10.4 Å². The molecule has 0 aromatic heterocycles. The number of hydrazone groups is 1. The molecule has 2 aromatic rings. The van der Waals surface area contributed by atoms with E-state index in [9.17, 15) is 14.0 Å². The van der Waals surface area contributed by atoms with Crippen molar-refractivity contribution < 1.29 is 14.0 Å². The molecule has 1 N–H and O–H groups in total. The third kappa shape index (κ3) is 3.32. The lowest BCUT2D eigenvalue weighted by Gasteiger charge is -2.23. The quantitative estimate of drug-likeness (QED) is 0.941. The van der Waals surface area contributed by atoms with E-state index >= 15 is 0 Å². The monoisotopic (exact) mass is 325 g/mol. The number of hydrogen-bond acceptors (Lipinski definition) is 3. The van der Waals surface area contributed by atoms with Gasteiger partial charge in [-0.05, 0) is 36.8 Å². The highest BCUT2D eigenvalue weighted by molar-refractivity contribution is 6.44. The molecule has 5 nitrogen and oxygen atoms in total. The van der Waals surface area contributed by atoms with Gasteiger partial charge in [0.15, 0.2) is 0 Å². The maximum absolute atomic E-state index is 13.3. The Hall–Kier alpha value is -3.02. The molecule has 1 aliphatic rings. The summed E-state index contributed by atoms with van der Waals surface area (Å²) in [6, 6.07) is 13.1. The summed E-state index contributed by atoms with van der Waals surface area (Å²) in [5.41, 5.74) is 1.99. The van der Waals surface area contributed by atoms with Crippen LogP contribution in [0.1, 0.15) is 18.4 Å². The first-order chi connectivity index (χ1) is 11.5. The van der Waals surface area contributed by atoms with Crippen LogP contribution in [0.25, 0.3) is 0 Å². The Morgan fingerprint density at radius 1 is 1.17 bits per heavy atom. The zero-order valence-corrected chi connectivity index (χ0v) is 13.1. The van der Waals surface area contributed by atoms with Crippen LogP contribution in [0.5, 0.6) is 0 Å². The summed E-state index contributed by atoms with van der Waals surface area (Å²) in [5, 5.41) is 8.07. The van der Waals surface area contributed by atoms with Gasteiger partial charge in [0.2, 0.25) is 5.91 Å². The largest absolute Gasteiger partial charge is 0.321 e. The molecule has 0 atom stereocenters. The lowest BCUT2D eigenvalue weighted by molar-refractivity contribution is -0.118. The van der Waals surface area contributed by atoms with Gasteiger partial charge in [-0.25, -0.2) is 9.40 Å². The van der Waals surface area contributed by atoms with Crippen LogP contribution in [-0.4, -0.2) is 17.5 Å². The van der Waals surface area contributed by atoms with Gasteiger partial charge in [-0.1, -0.05) is 24.3 Å². The molecule has 122 valence electrons. The first-order valence-corrected chi connectivity index (χ1v) is 7.57. The highest BCUT2D eigenvalue weighted by Gasteiger charge is 2.25. The van der Waals surface area contributed by atoms with E-state index in [0.717, 1.165) is 5.56 Å². The summed E-state index contributed by atoms with van der Waals surface area (Å²) in [5.74, 6) is -1.03. The molecule has 1 heterocycles. The van der Waals surface area contributed by atoms with Crippen molar-refractivity contribution in [2.45, 2.75) is 19.8 Å². The van der Waals surface area contributed by atoms with Crippen LogP contribution in [0.4, 0.5) is 15.8 Å². The molecule has 0 saturated heterocycles. The van der Waals surface area contributed by atoms with Gasteiger partial charge in [0, 0.05) is 18.5 Å². The Balaban J connectivity index is 1.84. The number of anilines is 2. The van der Waals surface area contributed by atoms with Crippen molar-refractivity contribution in [3.05, 3.63) is 59.9 Å². The second-order valence-electron chi connectivity index (χ2n) is 5.50. The van der Waals surface area contributed by atoms with Gasteiger partial charge in [0.05, 0.1) is 5.69 Å². The molecule has 0 bridgehead atoms. The van der Waals surface area contributed by atoms with Gasteiger partial charge < -0.3 is 5.32 Å². The van der Waals surface area contributed by atoms with Crippen molar-refractivity contribution in [1.82, 2.24) is 0 Å². The number of amides is 2. The van der Waals surface area contributed by atoms with E-state index in [1.165, 1.54) is 17.1 Å². The number of carbonyl (C=O) groups is 2. The Morgan fingerprint density at radius 3 is 2.67 bits per heavy atom. The SMILES string of the molecule is Cc1ccc(F)cc1NC(=O)C1=NN(c2ccccc2)C(=O)CC1. The molecule has 0 unspecified atom stereocenters. The molecule has 3 rings (SSSR count). The fourth-order valence-electron chi connectivity index (χ4n) is 2.41. The number of nitrogens with one attached hydrogen (secondary N) is 1. The van der Waals surface area contributed by atoms with Crippen molar-refractivity contribution in [2.24, 2.45) is 5.10 Å². The Kier molecular flexibility index (Phi) is 4.37. The Labute approximate surface area is 138 Å². The topological polar surface area (TPSA) is 61.8 Å². The summed E-state index contributed by atoms with van der Waals surface area (Å²) in [4.78, 5) is 24.5. The zero-order chi connectivity index (χ0) is 17.1. The molecule has 24 heavy (non-hydrogen) atoms. The molecule has 2 aromatic carbocycles. The van der Waals surface area contributed by atoms with Crippen molar-refractivity contribution in [3.63, 3.8) is 0 Å². The third-order valence-electron chi connectivity index (χ3n) is 3.74. The van der Waals surface area contributed by atoms with Crippen molar-refractivity contribution in [3.8, 4) is 0 Å². The summed E-state index contributed by atoms with van der Waals surface area (Å²) in [7, 11) is 0. The van der Waals surface area contributed by atoms with Gasteiger partial charge in [-0.15, -0.1) is 0 Å². The summed E-state index contributed by atoms with van der Waals surface area (Å²) < 4.78 is 13.3. The lowest BCUT2D eigenvalue weighted by atomic mass is 10.1. The van der Waals surface area contributed by atoms with Gasteiger partial charge in [-0.3, -0.25) is 9.59 Å². The van der Waals surface area contributed by atoms with Crippen LogP contribution in [0.3, 0.4) is 0 Å². The second kappa shape index (κ2) is 6.62. The standard InChI is InChI=1S/C18H16FN3O2/c1-12-7-8-13(19)11-16(12)20-18(24)15-9-10-17(23)22(21-15)14-5-3-2-4-6-14/h2-8,11H,9-10H2,1H3,(H,20,24). The normalized spacial score (nSPS) is 14.3. The predicted octanol–water partition coefficient (Wildman–Crippen LogP) is 3.26. The summed E-state index contributed by atoms with van der Waals surface area (Å²) >= 11 is 0. The summed E-state index contributed by atoms with van der Waals surface area (Å²) in [6.07, 6.45) is 0.450. The number of aryl methyl sites for hydroxylation is 1. The smallest absolute Gasteiger partial charge is 0.271 e. The van der Waals surface area contributed by atoms with E-state index in [1.807, 2.05) is 6.07 Å². The highest BCUT2D eigenvalue weighted by atomic mass is 19.1. The highest BCUT2D eigenvalue weighted by Crippen LogP contribution is 2.21. The fourth-order valence-corrected chi connectivity index (χ4v) is 2.41. The number of rotatable bonds is 3. The second-order valence-corrected chi connectivity index (χ2v) is 5.50. The van der Waals surface area contributed by atoms with E-state index in [0.29, 0.717) is 11.4 Å². The van der Waals surface area contributed by atoms with Crippen molar-refractivity contribution >= 4 is 28.9 Å². The maximum atomic E-state index is 13.3. The predicted molar refractivity (Wildman–Crippen MR) is 90.4 cm³/mol. The van der Waals surface area contributed by atoms with E-state index in [1.54, 1.807) is 37.3 Å². The number of halogens is 1. The average molecular weight is 325 g/mol. The summed E-state index contributed by atoms with van der Waals surface area (Å²) in [6.45, 7) is 1.78. The van der Waals surface area contributed by atoms with Crippen LogP contribution in [0, 0.1) is 12.7 Å². The molecule has 0 spiro atoms. The first kappa shape index (κ1) is 15.9. The van der Waals surface area contributed by atoms with Crippen LogP contribution in [-0.2, 0) is 9.59 Å². The molecule has 0 aliphatic carbocycles. The fraction of sp³-hybridized carbons (Fsp3) is 0.167. The van der Waals surface area contributed by atoms with Gasteiger partial charge in [0.25, 0.3) is 5.91 Å². The Bertz CT molecular complexity index is 818. The van der Waals surface area contributed by atoms with E-state index in [-0.39, 0.29) is 24.5 Å². The number of nitrogens with zero attached hydrogens (tertiary/aromatic N) is 2. The van der Waals surface area contributed by atoms with Crippen LogP contribution >= 0.6 is 0 Å². The van der Waals surface area contributed by atoms with Crippen molar-refractivity contribution in [2.75, 3.05) is 10.3 Å². The van der Waals surface area contributed by atoms with Gasteiger partial charge in [0.1, 0.15) is 11.5 Å². The van der Waals surface area contributed by atoms with Crippen LogP contribution in [0.15, 0.2) is 53.6 Å². The van der Waals surface area contributed by atoms with E-state index < -0.39 is 11.7 Å². The molecular weight excluding hydrogens is 309 g/mol. The van der Waals surface area contributed by atoms with Crippen LogP contribution in [0.2, 0.25) is 0 Å². The number of benzene rings is 2. The number of para-hydroxylation sites is 1. The molecule has 0 saturated carbocycles. The third-order valence-corrected chi connectivity index (χ3v) is 3.74. The molecule has 0 fully saturated rings. The van der Waals surface area contributed by atoms with E-state index in [4.69, 9.17) is 0 Å². The first-order valence-electron chi connectivity index (χ1n) is 7.57. The maximum Gasteiger partial charge on any atom is 0.271 e. The molecule has 0 radical (unpaired) electrons. The molecular formula is C18H16FN3O2. The number of carbonyl (C=O) groups excluding carboxylic acids is 2. The van der Waals surface area contributed by atoms with Crippen molar-refractivity contribution in [1.29, 1.82) is 0 Å². The molecule has 1 aliphatic heterocycles. The lowest BCUT2D eigenvalue weighted by Crippen LogP contribution is -2.36. The average Bonchev–Trinajstić information content (AvgIpc) is 2.59.